The van der Waals surface area contributed by atoms with Crippen molar-refractivity contribution in [1.29, 1.82) is 0 Å². The number of nitrogens with zero attached hydrogens (tertiary/aromatic N) is 2. The molecule has 3 heterocycles. The lowest BCUT2D eigenvalue weighted by Gasteiger charge is -2.10. The maximum absolute atomic E-state index is 12.1. The maximum atomic E-state index is 12.1. The topological polar surface area (TPSA) is 55.6 Å². The molecule has 0 saturated carbocycles. The molecule has 0 aliphatic carbocycles. The second kappa shape index (κ2) is 7.78. The van der Waals surface area contributed by atoms with Crippen LogP contribution in [-0.4, -0.2) is 34.5 Å². The summed E-state index contributed by atoms with van der Waals surface area (Å²) >= 11 is 7.54. The van der Waals surface area contributed by atoms with Crippen LogP contribution in [0.3, 0.4) is 0 Å². The van der Waals surface area contributed by atoms with Crippen LogP contribution >= 0.6 is 22.9 Å². The first-order valence-electron chi connectivity index (χ1n) is 8.79. The molecule has 1 aliphatic heterocycles. The summed E-state index contributed by atoms with van der Waals surface area (Å²) in [5.41, 5.74) is 3.05. The Balaban J connectivity index is 1.39. The van der Waals surface area contributed by atoms with E-state index in [9.17, 15) is 4.79 Å². The Kier molecular flexibility index (Phi) is 5.24. The number of carbonyl (C=O) groups excluding carboxylic acids is 1. The van der Waals surface area contributed by atoms with Crippen LogP contribution in [0.5, 0.6) is 0 Å². The average Bonchev–Trinajstić information content (AvgIpc) is 3.36. The number of hydrogen-bond acceptors (Lipinski definition) is 4. The normalized spacial score (nSPS) is 17.0. The molecule has 26 heavy (non-hydrogen) atoms. The number of amides is 1. The zero-order valence-corrected chi connectivity index (χ0v) is 15.9. The quantitative estimate of drug-likeness (QED) is 0.694. The molecule has 2 aromatic heterocycles. The van der Waals surface area contributed by atoms with E-state index in [-0.39, 0.29) is 12.0 Å². The molecule has 1 atom stereocenters. The molecular formula is C19H20ClN3O2S. The van der Waals surface area contributed by atoms with E-state index < -0.39 is 0 Å². The highest BCUT2D eigenvalue weighted by atomic mass is 35.5. The summed E-state index contributed by atoms with van der Waals surface area (Å²) in [5.74, 6) is 0.0675. The van der Waals surface area contributed by atoms with Crippen LogP contribution in [-0.2, 0) is 16.0 Å². The van der Waals surface area contributed by atoms with Crippen molar-refractivity contribution < 1.29 is 9.53 Å². The summed E-state index contributed by atoms with van der Waals surface area (Å²) in [6.07, 6.45) is 5.48. The Morgan fingerprint density at radius 1 is 1.38 bits per heavy atom. The van der Waals surface area contributed by atoms with Crippen molar-refractivity contribution in [3.05, 3.63) is 46.6 Å². The van der Waals surface area contributed by atoms with Crippen molar-refractivity contribution in [1.82, 2.24) is 14.7 Å². The van der Waals surface area contributed by atoms with Gasteiger partial charge in [-0.2, -0.15) is 0 Å². The molecule has 1 amide bonds. The highest BCUT2D eigenvalue weighted by Gasteiger charge is 2.16. The highest BCUT2D eigenvalue weighted by Crippen LogP contribution is 2.25. The summed E-state index contributed by atoms with van der Waals surface area (Å²) in [7, 11) is 0. The Labute approximate surface area is 161 Å². The van der Waals surface area contributed by atoms with Gasteiger partial charge in [0.2, 0.25) is 5.91 Å². The third-order valence-electron chi connectivity index (χ3n) is 4.58. The van der Waals surface area contributed by atoms with Crippen LogP contribution in [0.4, 0.5) is 0 Å². The predicted octanol–water partition coefficient (Wildman–Crippen LogP) is 3.94. The van der Waals surface area contributed by atoms with Crippen molar-refractivity contribution in [2.75, 3.05) is 13.2 Å². The lowest BCUT2D eigenvalue weighted by atomic mass is 10.2. The Morgan fingerprint density at radius 2 is 2.23 bits per heavy atom. The van der Waals surface area contributed by atoms with Crippen molar-refractivity contribution in [2.45, 2.75) is 31.8 Å². The lowest BCUT2D eigenvalue weighted by Crippen LogP contribution is -2.31. The van der Waals surface area contributed by atoms with E-state index >= 15 is 0 Å². The first-order valence-corrected chi connectivity index (χ1v) is 10.0. The zero-order chi connectivity index (χ0) is 17.9. The van der Waals surface area contributed by atoms with Gasteiger partial charge >= 0.3 is 0 Å². The number of fused-ring (bicyclic) bond motifs is 1. The van der Waals surface area contributed by atoms with Crippen LogP contribution in [0.2, 0.25) is 5.02 Å². The number of benzene rings is 1. The number of halogens is 1. The van der Waals surface area contributed by atoms with Gasteiger partial charge in [-0.1, -0.05) is 23.7 Å². The van der Waals surface area contributed by atoms with Gasteiger partial charge in [-0.25, -0.2) is 4.98 Å². The van der Waals surface area contributed by atoms with Crippen LogP contribution in [0.25, 0.3) is 16.2 Å². The summed E-state index contributed by atoms with van der Waals surface area (Å²) in [6, 6.07) is 7.66. The van der Waals surface area contributed by atoms with E-state index in [0.717, 1.165) is 41.4 Å². The van der Waals surface area contributed by atoms with E-state index in [2.05, 4.69) is 20.1 Å². The second-order valence-corrected chi connectivity index (χ2v) is 7.72. The third kappa shape index (κ3) is 3.92. The minimum atomic E-state index is 0.0675. The van der Waals surface area contributed by atoms with Crippen molar-refractivity contribution in [2.24, 2.45) is 0 Å². The van der Waals surface area contributed by atoms with Gasteiger partial charge in [0.1, 0.15) is 0 Å². The van der Waals surface area contributed by atoms with Gasteiger partial charge in [-0.05, 0) is 31.4 Å². The van der Waals surface area contributed by atoms with Crippen LogP contribution in [0.1, 0.15) is 25.0 Å². The number of rotatable bonds is 6. The minimum Gasteiger partial charge on any atom is -0.376 e. The Morgan fingerprint density at radius 3 is 3.00 bits per heavy atom. The molecule has 136 valence electrons. The molecule has 1 saturated heterocycles. The summed E-state index contributed by atoms with van der Waals surface area (Å²) in [5, 5.41) is 5.76. The molecule has 0 bridgehead atoms. The molecule has 4 rings (SSSR count). The number of carbonyl (C=O) groups is 1. The summed E-state index contributed by atoms with van der Waals surface area (Å²) in [4.78, 5) is 17.7. The van der Waals surface area contributed by atoms with E-state index in [0.29, 0.717) is 24.4 Å². The van der Waals surface area contributed by atoms with Crippen molar-refractivity contribution in [3.8, 4) is 11.3 Å². The predicted molar refractivity (Wildman–Crippen MR) is 104 cm³/mol. The summed E-state index contributed by atoms with van der Waals surface area (Å²) < 4.78 is 7.60. The smallest absolute Gasteiger partial charge is 0.220 e. The molecule has 1 N–H and O–H groups in total. The van der Waals surface area contributed by atoms with Crippen LogP contribution < -0.4 is 5.32 Å². The maximum Gasteiger partial charge on any atom is 0.220 e. The molecule has 1 aromatic carbocycles. The minimum absolute atomic E-state index is 0.0675. The molecule has 1 unspecified atom stereocenters. The Hall–Kier alpha value is -1.89. The van der Waals surface area contributed by atoms with Gasteiger partial charge < -0.3 is 10.1 Å². The number of thiazole rings is 1. The third-order valence-corrected chi connectivity index (χ3v) is 5.72. The largest absolute Gasteiger partial charge is 0.376 e. The second-order valence-electron chi connectivity index (χ2n) is 6.45. The molecular weight excluding hydrogens is 370 g/mol. The number of imidazole rings is 1. The fraction of sp³-hybridized carbons (Fsp3) is 0.368. The molecule has 7 heteroatoms. The molecule has 5 nitrogen and oxygen atoms in total. The lowest BCUT2D eigenvalue weighted by molar-refractivity contribution is -0.121. The van der Waals surface area contributed by atoms with Crippen LogP contribution in [0, 0.1) is 0 Å². The van der Waals surface area contributed by atoms with E-state index in [1.54, 1.807) is 11.3 Å². The monoisotopic (exact) mass is 389 g/mol. The van der Waals surface area contributed by atoms with Gasteiger partial charge in [-0.15, -0.1) is 11.3 Å². The number of aryl methyl sites for hydroxylation is 1. The van der Waals surface area contributed by atoms with Crippen LogP contribution in [0.15, 0.2) is 35.8 Å². The first-order chi connectivity index (χ1) is 12.7. The average molecular weight is 390 g/mol. The SMILES string of the molecule is O=C(CCc1csc2nc(-c3ccc(Cl)cc3)cn12)NCC1CCCO1. The Bertz CT molecular complexity index is 897. The molecule has 1 aliphatic rings. The summed E-state index contributed by atoms with van der Waals surface area (Å²) in [6.45, 7) is 1.42. The number of ether oxygens (including phenoxy) is 1. The van der Waals surface area contributed by atoms with Gasteiger partial charge in [0.15, 0.2) is 4.96 Å². The van der Waals surface area contributed by atoms with Gasteiger partial charge in [-0.3, -0.25) is 9.20 Å². The zero-order valence-electron chi connectivity index (χ0n) is 14.3. The van der Waals surface area contributed by atoms with E-state index in [1.807, 2.05) is 30.5 Å². The first kappa shape index (κ1) is 17.5. The molecule has 1 fully saturated rings. The molecule has 0 radical (unpaired) electrons. The van der Waals surface area contributed by atoms with Gasteiger partial charge in [0, 0.05) is 47.4 Å². The standard InChI is InChI=1S/C19H20ClN3O2S/c20-14-5-3-13(4-6-14)17-11-23-15(12-26-19(23)22-17)7-8-18(24)21-10-16-2-1-9-25-16/h3-6,11-12,16H,1-2,7-10H2,(H,21,24). The van der Waals surface area contributed by atoms with Gasteiger partial charge in [0.05, 0.1) is 11.8 Å². The van der Waals surface area contributed by atoms with E-state index in [4.69, 9.17) is 16.3 Å². The van der Waals surface area contributed by atoms with Crippen molar-refractivity contribution in [3.63, 3.8) is 0 Å². The number of nitrogens with one attached hydrogen (secondary N) is 1. The number of hydrogen-bond donors (Lipinski definition) is 1. The molecule has 0 spiro atoms. The van der Waals surface area contributed by atoms with Crippen molar-refractivity contribution >= 4 is 33.8 Å². The van der Waals surface area contributed by atoms with E-state index in [1.165, 1.54) is 0 Å². The molecule has 3 aromatic rings. The fourth-order valence-electron chi connectivity index (χ4n) is 3.13. The van der Waals surface area contributed by atoms with Gasteiger partial charge in [0.25, 0.3) is 0 Å². The highest BCUT2D eigenvalue weighted by molar-refractivity contribution is 7.15. The fourth-order valence-corrected chi connectivity index (χ4v) is 4.17. The number of aromatic nitrogens is 2.